The molecule has 0 atom stereocenters. The van der Waals surface area contributed by atoms with E-state index in [-0.39, 0.29) is 5.69 Å². The molecule has 0 aromatic heterocycles. The maximum atomic E-state index is 12.1. The molecule has 3 aromatic rings. The number of rotatable bonds is 6. The van der Waals surface area contributed by atoms with Crippen molar-refractivity contribution in [2.45, 2.75) is 0 Å². The Morgan fingerprint density at radius 3 is 2.00 bits per heavy atom. The summed E-state index contributed by atoms with van der Waals surface area (Å²) >= 11 is 0. The minimum absolute atomic E-state index is 0.238. The van der Waals surface area contributed by atoms with Gasteiger partial charge in [-0.2, -0.15) is 0 Å². The first kappa shape index (κ1) is 16.6. The lowest BCUT2D eigenvalue weighted by atomic mass is 9.98. The second-order valence-corrected chi connectivity index (χ2v) is 5.33. The Balaban J connectivity index is 2.01. The first-order chi connectivity index (χ1) is 12.1. The van der Waals surface area contributed by atoms with Crippen molar-refractivity contribution in [3.05, 3.63) is 62.9 Å². The topological polar surface area (TPSA) is 73.9 Å². The van der Waals surface area contributed by atoms with Gasteiger partial charge in [0.2, 0.25) is 5.43 Å². The number of methoxy groups -OCH3 is 3. The van der Waals surface area contributed by atoms with Crippen molar-refractivity contribution in [1.29, 1.82) is 0 Å². The van der Waals surface area contributed by atoms with E-state index in [2.05, 4.69) is 5.32 Å². The highest BCUT2D eigenvalue weighted by molar-refractivity contribution is 5.86. The first-order valence-corrected chi connectivity index (χ1v) is 7.55. The van der Waals surface area contributed by atoms with Gasteiger partial charge in [-0.25, -0.2) is 0 Å². The van der Waals surface area contributed by atoms with Crippen molar-refractivity contribution in [2.24, 2.45) is 0 Å². The second kappa shape index (κ2) is 6.68. The van der Waals surface area contributed by atoms with Crippen molar-refractivity contribution in [1.82, 2.24) is 0 Å². The molecule has 0 aliphatic heterocycles. The molecule has 0 saturated carbocycles. The minimum atomic E-state index is -0.560. The molecule has 0 heterocycles. The highest BCUT2D eigenvalue weighted by Gasteiger charge is 2.23. The fourth-order valence-electron chi connectivity index (χ4n) is 2.59. The summed E-state index contributed by atoms with van der Waals surface area (Å²) in [6.07, 6.45) is 0. The van der Waals surface area contributed by atoms with E-state index in [1.807, 2.05) is 0 Å². The van der Waals surface area contributed by atoms with Crippen LogP contribution < -0.4 is 30.4 Å². The number of hydrogen-bond acceptors (Lipinski definition) is 6. The number of benzene rings is 2. The molecule has 0 unspecified atom stereocenters. The molecule has 0 spiro atoms. The van der Waals surface area contributed by atoms with Gasteiger partial charge in [-0.3, -0.25) is 9.59 Å². The molecular formula is C19H17NO5. The average molecular weight is 339 g/mol. The summed E-state index contributed by atoms with van der Waals surface area (Å²) in [6.45, 7) is 0. The van der Waals surface area contributed by atoms with Gasteiger partial charge >= 0.3 is 0 Å². The van der Waals surface area contributed by atoms with Crippen LogP contribution in [0.3, 0.4) is 0 Å². The van der Waals surface area contributed by atoms with Gasteiger partial charge < -0.3 is 19.5 Å². The fraction of sp³-hybridized carbons (Fsp3) is 0.158. The van der Waals surface area contributed by atoms with Crippen LogP contribution in [0.5, 0.6) is 17.2 Å². The van der Waals surface area contributed by atoms with E-state index in [0.717, 1.165) is 0 Å². The lowest BCUT2D eigenvalue weighted by Crippen LogP contribution is -2.35. The van der Waals surface area contributed by atoms with Crippen LogP contribution in [-0.2, 0) is 0 Å². The molecule has 6 nitrogen and oxygen atoms in total. The van der Waals surface area contributed by atoms with Crippen molar-refractivity contribution in [2.75, 3.05) is 26.6 Å². The number of anilines is 2. The quantitative estimate of drug-likeness (QED) is 0.696. The van der Waals surface area contributed by atoms with E-state index in [1.54, 1.807) is 56.7 Å². The molecule has 0 aliphatic carbocycles. The van der Waals surface area contributed by atoms with Crippen LogP contribution in [0.25, 0.3) is 11.1 Å². The summed E-state index contributed by atoms with van der Waals surface area (Å²) in [6, 6.07) is 12.1. The monoisotopic (exact) mass is 339 g/mol. The molecule has 1 N–H and O–H groups in total. The van der Waals surface area contributed by atoms with E-state index in [1.165, 1.54) is 7.11 Å². The summed E-state index contributed by atoms with van der Waals surface area (Å²) in [5.41, 5.74) is 0.697. The number of hydrogen-bond donors (Lipinski definition) is 1. The molecule has 0 bridgehead atoms. The minimum Gasteiger partial charge on any atom is -0.497 e. The summed E-state index contributed by atoms with van der Waals surface area (Å²) in [5, 5.41) is 3.00. The normalized spacial score (nSPS) is 10.5. The van der Waals surface area contributed by atoms with Gasteiger partial charge in [0.15, 0.2) is 0 Å². The average Bonchev–Trinajstić information content (AvgIpc) is 2.67. The zero-order valence-corrected chi connectivity index (χ0v) is 14.1. The SMILES string of the molecule is COc1ccc(-c2c(Nc3cc(OC)ccc3OC)c(=O)c2=O)cc1. The predicted octanol–water partition coefficient (Wildman–Crippen LogP) is 2.72. The highest BCUT2D eigenvalue weighted by Crippen LogP contribution is 2.34. The van der Waals surface area contributed by atoms with Gasteiger partial charge in [0.1, 0.15) is 22.9 Å². The Morgan fingerprint density at radius 1 is 0.760 bits per heavy atom. The Labute approximate surface area is 144 Å². The molecule has 3 aromatic carbocycles. The lowest BCUT2D eigenvalue weighted by molar-refractivity contribution is 0.405. The van der Waals surface area contributed by atoms with Crippen LogP contribution in [0.1, 0.15) is 0 Å². The molecule has 0 aliphatic rings. The Hall–Kier alpha value is -3.28. The van der Waals surface area contributed by atoms with Crippen LogP contribution in [0, 0.1) is 0 Å². The van der Waals surface area contributed by atoms with Crippen molar-refractivity contribution in [3.63, 3.8) is 0 Å². The molecule has 3 rings (SSSR count). The third kappa shape index (κ3) is 2.94. The van der Waals surface area contributed by atoms with Gasteiger partial charge in [-0.15, -0.1) is 0 Å². The van der Waals surface area contributed by atoms with Crippen molar-refractivity contribution in [3.8, 4) is 28.4 Å². The maximum absolute atomic E-state index is 12.1. The fourth-order valence-corrected chi connectivity index (χ4v) is 2.59. The third-order valence-corrected chi connectivity index (χ3v) is 3.96. The molecule has 0 radical (unpaired) electrons. The smallest absolute Gasteiger partial charge is 0.250 e. The van der Waals surface area contributed by atoms with E-state index in [9.17, 15) is 9.59 Å². The standard InChI is InChI=1S/C19H17NO5/c1-23-12-6-4-11(5-7-12)16-17(19(22)18(16)21)20-14-10-13(24-2)8-9-15(14)25-3/h4-10,20H,1-3H3. The Kier molecular flexibility index (Phi) is 4.43. The summed E-state index contributed by atoms with van der Waals surface area (Å²) in [7, 11) is 4.64. The van der Waals surface area contributed by atoms with Gasteiger partial charge in [-0.1, -0.05) is 12.1 Å². The van der Waals surface area contributed by atoms with Crippen LogP contribution in [0.2, 0.25) is 0 Å². The van der Waals surface area contributed by atoms with Gasteiger partial charge in [0.25, 0.3) is 5.43 Å². The van der Waals surface area contributed by atoms with E-state index < -0.39 is 10.9 Å². The van der Waals surface area contributed by atoms with E-state index in [4.69, 9.17) is 14.2 Å². The van der Waals surface area contributed by atoms with Crippen LogP contribution in [0.15, 0.2) is 52.1 Å². The zero-order valence-electron chi connectivity index (χ0n) is 14.1. The molecule has 6 heteroatoms. The maximum Gasteiger partial charge on any atom is 0.250 e. The third-order valence-electron chi connectivity index (χ3n) is 3.96. The molecule has 0 fully saturated rings. The lowest BCUT2D eigenvalue weighted by Gasteiger charge is -2.16. The molecule has 0 amide bonds. The van der Waals surface area contributed by atoms with Crippen LogP contribution in [0.4, 0.5) is 11.4 Å². The zero-order chi connectivity index (χ0) is 18.0. The Morgan fingerprint density at radius 2 is 1.40 bits per heavy atom. The molecule has 128 valence electrons. The van der Waals surface area contributed by atoms with Crippen LogP contribution in [-0.4, -0.2) is 21.3 Å². The van der Waals surface area contributed by atoms with Crippen molar-refractivity contribution >= 4 is 11.4 Å². The van der Waals surface area contributed by atoms with Gasteiger partial charge in [0, 0.05) is 6.07 Å². The summed E-state index contributed by atoms with van der Waals surface area (Å²) < 4.78 is 15.6. The van der Waals surface area contributed by atoms with Crippen LogP contribution >= 0.6 is 0 Å². The molecule has 25 heavy (non-hydrogen) atoms. The van der Waals surface area contributed by atoms with E-state index >= 15 is 0 Å². The van der Waals surface area contributed by atoms with Crippen molar-refractivity contribution < 1.29 is 14.2 Å². The summed E-state index contributed by atoms with van der Waals surface area (Å²) in [4.78, 5) is 24.1. The number of nitrogens with one attached hydrogen (secondary N) is 1. The predicted molar refractivity (Wildman–Crippen MR) is 96.2 cm³/mol. The molecule has 0 saturated heterocycles. The highest BCUT2D eigenvalue weighted by atomic mass is 16.5. The van der Waals surface area contributed by atoms with E-state index in [0.29, 0.717) is 34.1 Å². The van der Waals surface area contributed by atoms with Gasteiger partial charge in [0.05, 0.1) is 32.6 Å². The molecular weight excluding hydrogens is 322 g/mol. The summed E-state index contributed by atoms with van der Waals surface area (Å²) in [5.74, 6) is 1.81. The van der Waals surface area contributed by atoms with Gasteiger partial charge in [-0.05, 0) is 29.8 Å². The Bertz CT molecular complexity index is 969. The number of ether oxygens (including phenoxy) is 3. The second-order valence-electron chi connectivity index (χ2n) is 5.33. The largest absolute Gasteiger partial charge is 0.497 e. The first-order valence-electron chi connectivity index (χ1n) is 7.55.